The van der Waals surface area contributed by atoms with E-state index in [1.54, 1.807) is 0 Å². The van der Waals surface area contributed by atoms with E-state index >= 15 is 0 Å². The highest BCUT2D eigenvalue weighted by Gasteiger charge is 2.10. The molecule has 3 N–H and O–H groups in total. The van der Waals surface area contributed by atoms with E-state index in [0.717, 1.165) is 17.7 Å². The summed E-state index contributed by atoms with van der Waals surface area (Å²) in [6, 6.07) is 7.46. The first kappa shape index (κ1) is 18.2. The Hall–Kier alpha value is -2.13. The molecule has 3 amide bonds. The van der Waals surface area contributed by atoms with Crippen LogP contribution in [-0.4, -0.2) is 34.4 Å². The number of aromatic nitrogens is 2. The van der Waals surface area contributed by atoms with Gasteiger partial charge in [0.15, 0.2) is 4.34 Å². The number of carbonyl (C=O) groups excluding carboxylic acids is 2. The van der Waals surface area contributed by atoms with Crippen LogP contribution in [0.3, 0.4) is 0 Å². The van der Waals surface area contributed by atoms with Gasteiger partial charge in [-0.15, -0.1) is 10.2 Å². The SMILES string of the molecule is CCCNC(=O)NC(=O)CSc1nnc(Nc2cccc(C)c2)s1. The highest BCUT2D eigenvalue weighted by atomic mass is 32.2. The zero-order valence-electron chi connectivity index (χ0n) is 13.5. The van der Waals surface area contributed by atoms with Crippen molar-refractivity contribution in [1.29, 1.82) is 0 Å². The molecule has 0 radical (unpaired) electrons. The van der Waals surface area contributed by atoms with E-state index in [1.165, 1.54) is 23.1 Å². The largest absolute Gasteiger partial charge is 0.338 e. The number of amides is 3. The standard InChI is InChI=1S/C15H19N5O2S2/c1-3-7-16-13(22)18-12(21)9-23-15-20-19-14(24-15)17-11-6-4-5-10(2)8-11/h4-6,8H,3,7,9H2,1-2H3,(H,17,19)(H2,16,18,21,22). The summed E-state index contributed by atoms with van der Waals surface area (Å²) in [6.45, 7) is 4.49. The molecule has 0 saturated heterocycles. The van der Waals surface area contributed by atoms with Crippen LogP contribution in [0.4, 0.5) is 15.6 Å². The fourth-order valence-corrected chi connectivity index (χ4v) is 3.31. The van der Waals surface area contributed by atoms with Crippen molar-refractivity contribution in [2.45, 2.75) is 24.6 Å². The highest BCUT2D eigenvalue weighted by Crippen LogP contribution is 2.27. The van der Waals surface area contributed by atoms with Crippen molar-refractivity contribution in [3.63, 3.8) is 0 Å². The van der Waals surface area contributed by atoms with Crippen molar-refractivity contribution in [2.75, 3.05) is 17.6 Å². The van der Waals surface area contributed by atoms with Gasteiger partial charge in [0.1, 0.15) is 0 Å². The number of anilines is 2. The molecule has 1 aromatic carbocycles. The molecular formula is C15H19N5O2S2. The van der Waals surface area contributed by atoms with Crippen molar-refractivity contribution >= 4 is 45.9 Å². The lowest BCUT2D eigenvalue weighted by atomic mass is 10.2. The molecule has 0 aliphatic heterocycles. The maximum Gasteiger partial charge on any atom is 0.321 e. The van der Waals surface area contributed by atoms with Gasteiger partial charge in [0.2, 0.25) is 11.0 Å². The number of urea groups is 1. The summed E-state index contributed by atoms with van der Waals surface area (Å²) < 4.78 is 0.661. The van der Waals surface area contributed by atoms with Gasteiger partial charge in [0, 0.05) is 12.2 Å². The number of thioether (sulfide) groups is 1. The fourth-order valence-electron chi connectivity index (χ4n) is 1.74. The van der Waals surface area contributed by atoms with E-state index in [0.29, 0.717) is 16.0 Å². The molecule has 0 unspecified atom stereocenters. The van der Waals surface area contributed by atoms with Crippen LogP contribution >= 0.6 is 23.1 Å². The minimum atomic E-state index is -0.471. The third-order valence-electron chi connectivity index (χ3n) is 2.79. The predicted molar refractivity (Wildman–Crippen MR) is 96.9 cm³/mol. The minimum absolute atomic E-state index is 0.110. The molecule has 1 heterocycles. The molecule has 9 heteroatoms. The van der Waals surface area contributed by atoms with Crippen LogP contribution in [-0.2, 0) is 4.79 Å². The normalized spacial score (nSPS) is 10.2. The van der Waals surface area contributed by atoms with Crippen molar-refractivity contribution in [3.05, 3.63) is 29.8 Å². The molecule has 128 valence electrons. The Bertz CT molecular complexity index is 705. The molecule has 24 heavy (non-hydrogen) atoms. The summed E-state index contributed by atoms with van der Waals surface area (Å²) in [5.74, 6) is -0.254. The second-order valence-electron chi connectivity index (χ2n) is 4.96. The Morgan fingerprint density at radius 1 is 1.29 bits per heavy atom. The first-order valence-electron chi connectivity index (χ1n) is 7.44. The average molecular weight is 365 g/mol. The van der Waals surface area contributed by atoms with Gasteiger partial charge in [0.25, 0.3) is 0 Å². The van der Waals surface area contributed by atoms with Gasteiger partial charge in [-0.05, 0) is 31.0 Å². The summed E-state index contributed by atoms with van der Waals surface area (Å²) in [5.41, 5.74) is 2.09. The molecule has 0 saturated carbocycles. The molecule has 0 fully saturated rings. The summed E-state index contributed by atoms with van der Waals surface area (Å²) in [5, 5.41) is 16.8. The molecule has 0 aliphatic rings. The Balaban J connectivity index is 1.79. The van der Waals surface area contributed by atoms with Gasteiger partial charge in [0.05, 0.1) is 5.75 Å². The van der Waals surface area contributed by atoms with E-state index in [-0.39, 0.29) is 11.7 Å². The zero-order chi connectivity index (χ0) is 17.4. The van der Waals surface area contributed by atoms with Gasteiger partial charge in [-0.3, -0.25) is 10.1 Å². The third kappa shape index (κ3) is 6.17. The molecule has 0 bridgehead atoms. The van der Waals surface area contributed by atoms with Crippen molar-refractivity contribution in [2.24, 2.45) is 0 Å². The minimum Gasteiger partial charge on any atom is -0.338 e. The first-order valence-corrected chi connectivity index (χ1v) is 9.24. The maximum atomic E-state index is 11.7. The van der Waals surface area contributed by atoms with Crippen LogP contribution in [0.25, 0.3) is 0 Å². The van der Waals surface area contributed by atoms with Gasteiger partial charge >= 0.3 is 6.03 Å². The average Bonchev–Trinajstić information content (AvgIpc) is 2.98. The van der Waals surface area contributed by atoms with Crippen molar-refractivity contribution in [3.8, 4) is 0 Å². The van der Waals surface area contributed by atoms with Gasteiger partial charge in [-0.2, -0.15) is 0 Å². The number of rotatable bonds is 7. The number of benzene rings is 1. The van der Waals surface area contributed by atoms with Crippen molar-refractivity contribution < 1.29 is 9.59 Å². The molecule has 2 rings (SSSR count). The molecule has 0 atom stereocenters. The lowest BCUT2D eigenvalue weighted by molar-refractivity contribution is -0.117. The van der Waals surface area contributed by atoms with Gasteiger partial charge in [-0.1, -0.05) is 42.2 Å². The third-order valence-corrected chi connectivity index (χ3v) is 4.76. The molecule has 1 aromatic heterocycles. The number of aryl methyl sites for hydroxylation is 1. The van der Waals surface area contributed by atoms with Crippen LogP contribution in [0.15, 0.2) is 28.6 Å². The molecular weight excluding hydrogens is 346 g/mol. The van der Waals surface area contributed by atoms with Gasteiger partial charge in [-0.25, -0.2) is 4.79 Å². The highest BCUT2D eigenvalue weighted by molar-refractivity contribution is 8.01. The second-order valence-corrected chi connectivity index (χ2v) is 7.16. The van der Waals surface area contributed by atoms with Crippen LogP contribution in [0, 0.1) is 6.92 Å². The summed E-state index contributed by atoms with van der Waals surface area (Å²) in [6.07, 6.45) is 0.817. The number of imide groups is 1. The fraction of sp³-hybridized carbons (Fsp3) is 0.333. The Kier molecular flexibility index (Phi) is 7.01. The van der Waals surface area contributed by atoms with E-state index in [9.17, 15) is 9.59 Å². The van der Waals surface area contributed by atoms with Crippen LogP contribution in [0.1, 0.15) is 18.9 Å². The number of nitrogens with zero attached hydrogens (tertiary/aromatic N) is 2. The lowest BCUT2D eigenvalue weighted by Gasteiger charge is -2.04. The number of nitrogens with one attached hydrogen (secondary N) is 3. The monoisotopic (exact) mass is 365 g/mol. The van der Waals surface area contributed by atoms with E-state index in [4.69, 9.17) is 0 Å². The molecule has 2 aromatic rings. The zero-order valence-corrected chi connectivity index (χ0v) is 15.1. The number of carbonyl (C=O) groups is 2. The molecule has 0 spiro atoms. The Morgan fingerprint density at radius 2 is 2.12 bits per heavy atom. The summed E-state index contributed by atoms with van der Waals surface area (Å²) in [7, 11) is 0. The Morgan fingerprint density at radius 3 is 2.88 bits per heavy atom. The second kappa shape index (κ2) is 9.24. The lowest BCUT2D eigenvalue weighted by Crippen LogP contribution is -2.40. The quantitative estimate of drug-likeness (QED) is 0.653. The van der Waals surface area contributed by atoms with Crippen LogP contribution < -0.4 is 16.0 Å². The number of hydrogen-bond acceptors (Lipinski definition) is 7. The predicted octanol–water partition coefficient (Wildman–Crippen LogP) is 2.92. The van der Waals surface area contributed by atoms with Crippen molar-refractivity contribution in [1.82, 2.24) is 20.8 Å². The number of hydrogen-bond donors (Lipinski definition) is 3. The van der Waals surface area contributed by atoms with E-state index in [1.807, 2.05) is 38.1 Å². The van der Waals surface area contributed by atoms with Gasteiger partial charge < -0.3 is 10.6 Å². The maximum absolute atomic E-state index is 11.7. The van der Waals surface area contributed by atoms with E-state index < -0.39 is 6.03 Å². The Labute approximate surface area is 148 Å². The van der Waals surface area contributed by atoms with E-state index in [2.05, 4.69) is 26.1 Å². The molecule has 0 aliphatic carbocycles. The van der Waals surface area contributed by atoms with Crippen LogP contribution in [0.2, 0.25) is 0 Å². The summed E-state index contributed by atoms with van der Waals surface area (Å²) in [4.78, 5) is 23.0. The molecule has 7 nitrogen and oxygen atoms in total. The summed E-state index contributed by atoms with van der Waals surface area (Å²) >= 11 is 2.60. The first-order chi connectivity index (χ1) is 11.6. The topological polar surface area (TPSA) is 96.0 Å². The van der Waals surface area contributed by atoms with Crippen LogP contribution in [0.5, 0.6) is 0 Å². The smallest absolute Gasteiger partial charge is 0.321 e.